The third-order valence-corrected chi connectivity index (χ3v) is 3.34. The third-order valence-electron chi connectivity index (χ3n) is 3.20. The van der Waals surface area contributed by atoms with Crippen molar-refractivity contribution in [3.05, 3.63) is 28.8 Å². The summed E-state index contributed by atoms with van der Waals surface area (Å²) >= 11 is 4.98. The second kappa shape index (κ2) is 6.02. The van der Waals surface area contributed by atoms with E-state index in [0.29, 0.717) is 11.4 Å². The standard InChI is InChI=1S/C14H20N4S/c1-9-7-12(18-14-16-4-3-5-17-14)10(2)6-11(9)8-13(15)19/h6-7H,3-5,8H2,1-2H3,(H2,15,19)(H2,16,17,18). The van der Waals surface area contributed by atoms with Gasteiger partial charge in [-0.25, -0.2) is 0 Å². The van der Waals surface area contributed by atoms with E-state index in [-0.39, 0.29) is 0 Å². The molecule has 0 saturated heterocycles. The highest BCUT2D eigenvalue weighted by Crippen LogP contribution is 2.21. The molecule has 0 saturated carbocycles. The molecule has 1 aromatic carbocycles. The summed E-state index contributed by atoms with van der Waals surface area (Å²) in [7, 11) is 0. The molecule has 0 fully saturated rings. The van der Waals surface area contributed by atoms with Crippen LogP contribution in [-0.4, -0.2) is 24.0 Å². The Hall–Kier alpha value is -1.62. The zero-order chi connectivity index (χ0) is 13.8. The van der Waals surface area contributed by atoms with Crippen LogP contribution in [0.5, 0.6) is 0 Å². The summed E-state index contributed by atoms with van der Waals surface area (Å²) in [5, 5.41) is 6.60. The number of thiocarbonyl (C=S) groups is 1. The molecule has 4 nitrogen and oxygen atoms in total. The predicted octanol–water partition coefficient (Wildman–Crippen LogP) is 1.89. The molecular weight excluding hydrogens is 256 g/mol. The topological polar surface area (TPSA) is 62.4 Å². The van der Waals surface area contributed by atoms with E-state index in [1.54, 1.807) is 0 Å². The Morgan fingerprint density at radius 3 is 2.84 bits per heavy atom. The number of anilines is 1. The van der Waals surface area contributed by atoms with E-state index in [4.69, 9.17) is 18.0 Å². The number of hydrogen-bond acceptors (Lipinski definition) is 4. The molecular formula is C14H20N4S. The lowest BCUT2D eigenvalue weighted by Crippen LogP contribution is -2.35. The van der Waals surface area contributed by atoms with Crippen molar-refractivity contribution in [2.75, 3.05) is 18.4 Å². The fourth-order valence-corrected chi connectivity index (χ4v) is 2.29. The van der Waals surface area contributed by atoms with E-state index in [1.807, 2.05) is 0 Å². The Bertz CT molecular complexity index is 522. The average molecular weight is 276 g/mol. The van der Waals surface area contributed by atoms with Gasteiger partial charge in [-0.05, 0) is 43.0 Å². The second-order valence-electron chi connectivity index (χ2n) is 4.87. The minimum atomic E-state index is 0.529. The SMILES string of the molecule is Cc1cc(NC2=NCCCN2)c(C)cc1CC(N)=S. The second-order valence-corrected chi connectivity index (χ2v) is 5.40. The average Bonchev–Trinajstić information content (AvgIpc) is 2.36. The van der Waals surface area contributed by atoms with E-state index in [0.717, 1.165) is 31.2 Å². The summed E-state index contributed by atoms with van der Waals surface area (Å²) in [6.45, 7) is 6.01. The quantitative estimate of drug-likeness (QED) is 0.738. The van der Waals surface area contributed by atoms with Gasteiger partial charge in [0.2, 0.25) is 0 Å². The van der Waals surface area contributed by atoms with Crippen molar-refractivity contribution in [2.45, 2.75) is 26.7 Å². The van der Waals surface area contributed by atoms with Crippen molar-refractivity contribution >= 4 is 28.9 Å². The molecule has 102 valence electrons. The van der Waals surface area contributed by atoms with Crippen molar-refractivity contribution in [2.24, 2.45) is 10.7 Å². The van der Waals surface area contributed by atoms with Crippen LogP contribution in [-0.2, 0) is 6.42 Å². The predicted molar refractivity (Wildman–Crippen MR) is 84.9 cm³/mol. The Morgan fingerprint density at radius 2 is 2.21 bits per heavy atom. The van der Waals surface area contributed by atoms with Gasteiger partial charge in [0.25, 0.3) is 0 Å². The number of nitrogens with one attached hydrogen (secondary N) is 2. The van der Waals surface area contributed by atoms with E-state index < -0.39 is 0 Å². The minimum absolute atomic E-state index is 0.529. The van der Waals surface area contributed by atoms with Crippen LogP contribution in [0.4, 0.5) is 5.69 Å². The zero-order valence-electron chi connectivity index (χ0n) is 11.4. The number of nitrogens with zero attached hydrogens (tertiary/aromatic N) is 1. The van der Waals surface area contributed by atoms with E-state index in [1.165, 1.54) is 16.7 Å². The van der Waals surface area contributed by atoms with Crippen LogP contribution in [0.1, 0.15) is 23.1 Å². The van der Waals surface area contributed by atoms with Crippen molar-refractivity contribution in [1.82, 2.24) is 5.32 Å². The van der Waals surface area contributed by atoms with Gasteiger partial charge in [0.1, 0.15) is 0 Å². The van der Waals surface area contributed by atoms with Crippen molar-refractivity contribution in [3.63, 3.8) is 0 Å². The highest BCUT2D eigenvalue weighted by molar-refractivity contribution is 7.80. The lowest BCUT2D eigenvalue weighted by molar-refractivity contribution is 0.740. The van der Waals surface area contributed by atoms with Crippen LogP contribution in [0.25, 0.3) is 0 Å². The summed E-state index contributed by atoms with van der Waals surface area (Å²) in [5.41, 5.74) is 10.3. The third kappa shape index (κ3) is 3.67. The van der Waals surface area contributed by atoms with Crippen molar-refractivity contribution in [1.29, 1.82) is 0 Å². The van der Waals surface area contributed by atoms with Crippen LogP contribution < -0.4 is 16.4 Å². The molecule has 0 aliphatic carbocycles. The molecule has 0 spiro atoms. The maximum atomic E-state index is 5.62. The van der Waals surface area contributed by atoms with Crippen molar-refractivity contribution in [3.8, 4) is 0 Å². The smallest absolute Gasteiger partial charge is 0.195 e. The fourth-order valence-electron chi connectivity index (χ4n) is 2.13. The molecule has 0 radical (unpaired) electrons. The monoisotopic (exact) mass is 276 g/mol. The Labute approximate surface area is 119 Å². The van der Waals surface area contributed by atoms with Gasteiger partial charge in [-0.15, -0.1) is 0 Å². The Morgan fingerprint density at radius 1 is 1.42 bits per heavy atom. The van der Waals surface area contributed by atoms with Crippen LogP contribution >= 0.6 is 12.2 Å². The molecule has 5 heteroatoms. The summed E-state index contributed by atoms with van der Waals surface area (Å²) < 4.78 is 0. The van der Waals surface area contributed by atoms with Gasteiger partial charge in [-0.1, -0.05) is 18.3 Å². The largest absolute Gasteiger partial charge is 0.393 e. The highest BCUT2D eigenvalue weighted by Gasteiger charge is 2.09. The minimum Gasteiger partial charge on any atom is -0.393 e. The first-order valence-electron chi connectivity index (χ1n) is 6.50. The number of rotatable bonds is 3. The maximum absolute atomic E-state index is 5.62. The highest BCUT2D eigenvalue weighted by atomic mass is 32.1. The van der Waals surface area contributed by atoms with Gasteiger partial charge in [0, 0.05) is 25.2 Å². The Balaban J connectivity index is 2.20. The molecule has 0 bridgehead atoms. The summed E-state index contributed by atoms with van der Waals surface area (Å²) in [5.74, 6) is 0.857. The van der Waals surface area contributed by atoms with Gasteiger partial charge < -0.3 is 16.4 Å². The van der Waals surface area contributed by atoms with E-state index in [2.05, 4.69) is 41.6 Å². The van der Waals surface area contributed by atoms with Gasteiger partial charge in [0.05, 0.1) is 4.99 Å². The summed E-state index contributed by atoms with van der Waals surface area (Å²) in [6.07, 6.45) is 1.75. The molecule has 1 aliphatic heterocycles. The van der Waals surface area contributed by atoms with Gasteiger partial charge in [-0.2, -0.15) is 0 Å². The van der Waals surface area contributed by atoms with Crippen LogP contribution in [0.3, 0.4) is 0 Å². The normalized spacial score (nSPS) is 14.5. The number of nitrogens with two attached hydrogens (primary N) is 1. The molecule has 1 aliphatic rings. The van der Waals surface area contributed by atoms with Crippen LogP contribution in [0.15, 0.2) is 17.1 Å². The fraction of sp³-hybridized carbons (Fsp3) is 0.429. The molecule has 0 aromatic heterocycles. The molecule has 1 heterocycles. The summed E-state index contributed by atoms with van der Waals surface area (Å²) in [4.78, 5) is 4.95. The molecule has 19 heavy (non-hydrogen) atoms. The maximum Gasteiger partial charge on any atom is 0.195 e. The van der Waals surface area contributed by atoms with Crippen molar-refractivity contribution < 1.29 is 0 Å². The lowest BCUT2D eigenvalue weighted by atomic mass is 10.0. The van der Waals surface area contributed by atoms with Crippen LogP contribution in [0.2, 0.25) is 0 Å². The molecule has 2 rings (SSSR count). The first-order chi connectivity index (χ1) is 9.06. The van der Waals surface area contributed by atoms with Crippen LogP contribution in [0, 0.1) is 13.8 Å². The molecule has 4 N–H and O–H groups in total. The lowest BCUT2D eigenvalue weighted by Gasteiger charge is -2.18. The first-order valence-corrected chi connectivity index (χ1v) is 6.91. The number of aryl methyl sites for hydroxylation is 2. The number of benzene rings is 1. The van der Waals surface area contributed by atoms with Gasteiger partial charge in [0.15, 0.2) is 5.96 Å². The van der Waals surface area contributed by atoms with Gasteiger partial charge in [-0.3, -0.25) is 4.99 Å². The Kier molecular flexibility index (Phi) is 4.37. The summed E-state index contributed by atoms with van der Waals surface area (Å²) in [6, 6.07) is 4.27. The number of hydrogen-bond donors (Lipinski definition) is 3. The van der Waals surface area contributed by atoms with Gasteiger partial charge >= 0.3 is 0 Å². The number of guanidine groups is 1. The molecule has 0 atom stereocenters. The molecule has 0 amide bonds. The molecule has 1 aromatic rings. The number of aliphatic imine (C=N–C) groups is 1. The van der Waals surface area contributed by atoms with E-state index in [9.17, 15) is 0 Å². The van der Waals surface area contributed by atoms with E-state index >= 15 is 0 Å². The zero-order valence-corrected chi connectivity index (χ0v) is 12.2. The first kappa shape index (κ1) is 13.8. The molecule has 0 unspecified atom stereocenters.